The van der Waals surface area contributed by atoms with Gasteiger partial charge in [0.15, 0.2) is 16.5 Å². The van der Waals surface area contributed by atoms with Crippen molar-refractivity contribution < 1.29 is 14.6 Å². The first-order valence-corrected chi connectivity index (χ1v) is 10.5. The minimum absolute atomic E-state index is 0.130. The van der Waals surface area contributed by atoms with Gasteiger partial charge in [-0.3, -0.25) is 9.20 Å². The number of ether oxygens (including phenoxy) is 2. The van der Waals surface area contributed by atoms with Gasteiger partial charge in [-0.25, -0.2) is 4.98 Å². The summed E-state index contributed by atoms with van der Waals surface area (Å²) in [5.41, 5.74) is 2.08. The summed E-state index contributed by atoms with van der Waals surface area (Å²) in [5, 5.41) is 10.0. The predicted molar refractivity (Wildman–Crippen MR) is 119 cm³/mol. The standard InChI is InChI=1S/C22H19ClN2O4S/c1-3-7-29-15-6-4-5-14(11-15)17-12-25-21(27)19(30-22(25)24-17)10-13-8-16(23)20(26)18(9-13)28-2/h4-6,8-12,26H,3,7H2,1-2H3/b19-10-. The van der Waals surface area contributed by atoms with Crippen molar-refractivity contribution >= 4 is 34.0 Å². The highest BCUT2D eigenvalue weighted by Crippen LogP contribution is 2.35. The van der Waals surface area contributed by atoms with Crippen molar-refractivity contribution in [2.24, 2.45) is 0 Å². The molecule has 30 heavy (non-hydrogen) atoms. The normalized spacial score (nSPS) is 11.9. The van der Waals surface area contributed by atoms with Crippen molar-refractivity contribution in [1.82, 2.24) is 9.38 Å². The Morgan fingerprint density at radius 3 is 2.87 bits per heavy atom. The topological polar surface area (TPSA) is 73.1 Å². The largest absolute Gasteiger partial charge is 0.503 e. The highest BCUT2D eigenvalue weighted by molar-refractivity contribution is 7.15. The third kappa shape index (κ3) is 3.86. The van der Waals surface area contributed by atoms with Crippen LogP contribution in [0, 0.1) is 0 Å². The van der Waals surface area contributed by atoms with Crippen LogP contribution in [-0.2, 0) is 0 Å². The third-order valence-corrected chi connectivity index (χ3v) is 5.75. The zero-order valence-electron chi connectivity index (χ0n) is 16.4. The van der Waals surface area contributed by atoms with E-state index in [9.17, 15) is 9.90 Å². The van der Waals surface area contributed by atoms with Gasteiger partial charge in [0.05, 0.1) is 29.0 Å². The van der Waals surface area contributed by atoms with Gasteiger partial charge in [-0.1, -0.05) is 42.0 Å². The van der Waals surface area contributed by atoms with Crippen molar-refractivity contribution in [2.45, 2.75) is 13.3 Å². The Morgan fingerprint density at radius 2 is 2.13 bits per heavy atom. The summed E-state index contributed by atoms with van der Waals surface area (Å²) in [4.78, 5) is 18.1. The Balaban J connectivity index is 1.72. The van der Waals surface area contributed by atoms with Gasteiger partial charge in [0.25, 0.3) is 5.56 Å². The summed E-state index contributed by atoms with van der Waals surface area (Å²) in [6.45, 7) is 2.71. The number of halogens is 1. The maximum atomic E-state index is 12.9. The van der Waals surface area contributed by atoms with E-state index in [4.69, 9.17) is 21.1 Å². The molecule has 0 saturated heterocycles. The average molecular weight is 443 g/mol. The predicted octanol–water partition coefficient (Wildman–Crippen LogP) is 4.13. The second kappa shape index (κ2) is 8.38. The number of hydrogen-bond acceptors (Lipinski definition) is 6. The molecule has 2 heterocycles. The molecule has 0 bridgehead atoms. The van der Waals surface area contributed by atoms with Gasteiger partial charge in [0.2, 0.25) is 0 Å². The number of aromatic hydroxyl groups is 1. The molecular formula is C22H19ClN2O4S. The summed E-state index contributed by atoms with van der Waals surface area (Å²) < 4.78 is 12.8. The molecule has 0 aliphatic heterocycles. The first-order valence-electron chi connectivity index (χ1n) is 9.33. The highest BCUT2D eigenvalue weighted by atomic mass is 35.5. The van der Waals surface area contributed by atoms with E-state index in [1.165, 1.54) is 22.8 Å². The number of aromatic nitrogens is 2. The lowest BCUT2D eigenvalue weighted by Crippen LogP contribution is -2.22. The van der Waals surface area contributed by atoms with Crippen molar-refractivity contribution in [2.75, 3.05) is 13.7 Å². The summed E-state index contributed by atoms with van der Waals surface area (Å²) in [5.74, 6) is 0.893. The van der Waals surface area contributed by atoms with Crippen LogP contribution in [0.5, 0.6) is 17.2 Å². The molecule has 4 rings (SSSR count). The number of imidazole rings is 1. The average Bonchev–Trinajstić information content (AvgIpc) is 3.29. The van der Waals surface area contributed by atoms with Gasteiger partial charge in [-0.05, 0) is 42.3 Å². The number of phenols is 1. The number of benzene rings is 2. The van der Waals surface area contributed by atoms with Gasteiger partial charge < -0.3 is 14.6 Å². The molecule has 0 spiro atoms. The SMILES string of the molecule is CCCOc1cccc(-c2cn3c(=O)/c(=C/c4cc(Cl)c(O)c(OC)c4)sc3n2)c1. The summed E-state index contributed by atoms with van der Waals surface area (Å²) in [6.07, 6.45) is 4.37. The molecule has 0 aliphatic rings. The molecule has 8 heteroatoms. The smallest absolute Gasteiger partial charge is 0.274 e. The van der Waals surface area contributed by atoms with E-state index in [0.717, 1.165) is 17.7 Å². The number of fused-ring (bicyclic) bond motifs is 1. The van der Waals surface area contributed by atoms with Crippen LogP contribution in [0.15, 0.2) is 47.4 Å². The zero-order valence-corrected chi connectivity index (χ0v) is 18.0. The first kappa shape index (κ1) is 20.3. The van der Waals surface area contributed by atoms with Gasteiger partial charge >= 0.3 is 0 Å². The fourth-order valence-electron chi connectivity index (χ4n) is 3.02. The van der Waals surface area contributed by atoms with Crippen LogP contribution in [0.25, 0.3) is 22.3 Å². The number of rotatable bonds is 6. The second-order valence-electron chi connectivity index (χ2n) is 6.62. The highest BCUT2D eigenvalue weighted by Gasteiger charge is 2.12. The molecule has 1 N–H and O–H groups in total. The van der Waals surface area contributed by atoms with Crippen LogP contribution in [0.4, 0.5) is 0 Å². The van der Waals surface area contributed by atoms with Gasteiger partial charge in [0.1, 0.15) is 5.75 Å². The van der Waals surface area contributed by atoms with Crippen LogP contribution in [-0.4, -0.2) is 28.2 Å². The second-order valence-corrected chi connectivity index (χ2v) is 8.04. The molecule has 4 aromatic rings. The molecule has 2 aromatic heterocycles. The Hall–Kier alpha value is -3.03. The third-order valence-electron chi connectivity index (χ3n) is 4.48. The molecule has 2 aromatic carbocycles. The van der Waals surface area contributed by atoms with Gasteiger partial charge in [-0.15, -0.1) is 0 Å². The van der Waals surface area contributed by atoms with Crippen LogP contribution >= 0.6 is 22.9 Å². The maximum Gasteiger partial charge on any atom is 0.274 e. The van der Waals surface area contributed by atoms with E-state index in [0.29, 0.717) is 27.4 Å². The Bertz CT molecular complexity index is 1330. The molecule has 0 unspecified atom stereocenters. The number of phenolic OH excluding ortho intramolecular Hbond substituents is 1. The molecule has 154 valence electrons. The van der Waals surface area contributed by atoms with Crippen LogP contribution in [0.3, 0.4) is 0 Å². The van der Waals surface area contributed by atoms with Crippen LogP contribution in [0.1, 0.15) is 18.9 Å². The van der Waals surface area contributed by atoms with E-state index >= 15 is 0 Å². The molecule has 0 aliphatic carbocycles. The number of nitrogens with zero attached hydrogens (tertiary/aromatic N) is 2. The molecular weight excluding hydrogens is 424 g/mol. The Kier molecular flexibility index (Phi) is 5.65. The molecule has 6 nitrogen and oxygen atoms in total. The monoisotopic (exact) mass is 442 g/mol. The van der Waals surface area contributed by atoms with Crippen molar-refractivity contribution in [3.63, 3.8) is 0 Å². The van der Waals surface area contributed by atoms with Gasteiger partial charge in [0, 0.05) is 11.8 Å². The van der Waals surface area contributed by atoms with Crippen LogP contribution < -0.4 is 19.6 Å². The first-order chi connectivity index (χ1) is 14.5. The molecule has 0 fully saturated rings. The number of hydrogen-bond donors (Lipinski definition) is 1. The molecule has 0 saturated carbocycles. The fraction of sp³-hybridized carbons (Fsp3) is 0.182. The Morgan fingerprint density at radius 1 is 1.30 bits per heavy atom. The lowest BCUT2D eigenvalue weighted by Gasteiger charge is -2.05. The van der Waals surface area contributed by atoms with Crippen LogP contribution in [0.2, 0.25) is 5.02 Å². The number of methoxy groups -OCH3 is 1. The number of thiazole rings is 1. The molecule has 0 atom stereocenters. The van der Waals surface area contributed by atoms with E-state index < -0.39 is 0 Å². The van der Waals surface area contributed by atoms with E-state index in [2.05, 4.69) is 11.9 Å². The summed E-state index contributed by atoms with van der Waals surface area (Å²) >= 11 is 7.32. The minimum atomic E-state index is -0.171. The quantitative estimate of drug-likeness (QED) is 0.486. The van der Waals surface area contributed by atoms with E-state index in [1.54, 1.807) is 24.4 Å². The fourth-order valence-corrected chi connectivity index (χ4v) is 4.20. The lowest BCUT2D eigenvalue weighted by molar-refractivity contribution is 0.317. The van der Waals surface area contributed by atoms with E-state index in [1.807, 2.05) is 24.3 Å². The zero-order chi connectivity index (χ0) is 21.3. The summed E-state index contributed by atoms with van der Waals surface area (Å²) in [7, 11) is 1.44. The summed E-state index contributed by atoms with van der Waals surface area (Å²) in [6, 6.07) is 10.9. The van der Waals surface area contributed by atoms with Crippen molar-refractivity contribution in [3.8, 4) is 28.5 Å². The van der Waals surface area contributed by atoms with E-state index in [-0.39, 0.29) is 22.1 Å². The molecule has 0 amide bonds. The van der Waals surface area contributed by atoms with Crippen molar-refractivity contribution in [3.05, 3.63) is 68.1 Å². The Labute approximate surface area is 181 Å². The van der Waals surface area contributed by atoms with Crippen molar-refractivity contribution in [1.29, 1.82) is 0 Å². The lowest BCUT2D eigenvalue weighted by atomic mass is 10.1. The molecule has 0 radical (unpaired) electrons. The minimum Gasteiger partial charge on any atom is -0.503 e. The van der Waals surface area contributed by atoms with Gasteiger partial charge in [-0.2, -0.15) is 0 Å². The maximum absolute atomic E-state index is 12.9.